The lowest BCUT2D eigenvalue weighted by molar-refractivity contribution is -0.113. The van der Waals surface area contributed by atoms with Crippen molar-refractivity contribution in [1.82, 2.24) is 14.8 Å². The van der Waals surface area contributed by atoms with Gasteiger partial charge in [-0.15, -0.1) is 10.2 Å². The van der Waals surface area contributed by atoms with Crippen LogP contribution in [0.25, 0.3) is 11.4 Å². The highest BCUT2D eigenvalue weighted by Gasteiger charge is 2.14. The van der Waals surface area contributed by atoms with Crippen LogP contribution in [0.15, 0.2) is 53.7 Å². The van der Waals surface area contributed by atoms with Gasteiger partial charge in [-0.2, -0.15) is 0 Å². The second-order valence-electron chi connectivity index (χ2n) is 5.75. The highest BCUT2D eigenvalue weighted by atomic mass is 32.2. The van der Waals surface area contributed by atoms with Gasteiger partial charge in [-0.25, -0.2) is 0 Å². The van der Waals surface area contributed by atoms with E-state index in [9.17, 15) is 4.79 Å². The Labute approximate surface area is 161 Å². The number of hydrogen-bond donors (Lipinski definition) is 2. The van der Waals surface area contributed by atoms with Gasteiger partial charge in [0, 0.05) is 24.0 Å². The maximum absolute atomic E-state index is 12.2. The van der Waals surface area contributed by atoms with Gasteiger partial charge >= 0.3 is 0 Å². The van der Waals surface area contributed by atoms with Gasteiger partial charge in [-0.1, -0.05) is 23.9 Å². The third kappa shape index (κ3) is 4.59. The predicted molar refractivity (Wildman–Crippen MR) is 108 cm³/mol. The number of anilines is 2. The Morgan fingerprint density at radius 3 is 2.63 bits per heavy atom. The molecule has 8 heteroatoms. The molecular weight excluding hydrogens is 362 g/mol. The maximum atomic E-state index is 12.2. The van der Waals surface area contributed by atoms with E-state index < -0.39 is 0 Å². The first-order valence-electron chi connectivity index (χ1n) is 8.48. The fourth-order valence-electron chi connectivity index (χ4n) is 2.50. The molecule has 0 radical (unpaired) electrons. The molecule has 1 amide bonds. The van der Waals surface area contributed by atoms with Crippen molar-refractivity contribution < 1.29 is 9.53 Å². The van der Waals surface area contributed by atoms with Crippen molar-refractivity contribution in [3.05, 3.63) is 48.5 Å². The lowest BCUT2D eigenvalue weighted by Gasteiger charge is -2.08. The molecule has 1 heterocycles. The van der Waals surface area contributed by atoms with Gasteiger partial charge in [0.2, 0.25) is 5.91 Å². The number of nitrogens with one attached hydrogen (secondary N) is 1. The van der Waals surface area contributed by atoms with Crippen LogP contribution in [0.5, 0.6) is 5.75 Å². The average molecular weight is 383 g/mol. The average Bonchev–Trinajstić information content (AvgIpc) is 3.03. The Hall–Kier alpha value is -3.00. The van der Waals surface area contributed by atoms with Crippen LogP contribution in [0, 0.1) is 0 Å². The van der Waals surface area contributed by atoms with Crippen molar-refractivity contribution in [3.63, 3.8) is 0 Å². The SMILES string of the molecule is CCOc1ccc(NC(=O)CSc2nnc(-c3ccccc3N)n2C)cc1. The van der Waals surface area contributed by atoms with E-state index in [1.165, 1.54) is 11.8 Å². The largest absolute Gasteiger partial charge is 0.494 e. The lowest BCUT2D eigenvalue weighted by atomic mass is 10.2. The molecule has 3 N–H and O–H groups in total. The van der Waals surface area contributed by atoms with E-state index in [1.54, 1.807) is 0 Å². The Balaban J connectivity index is 1.60. The van der Waals surface area contributed by atoms with Gasteiger partial charge in [0.25, 0.3) is 0 Å². The maximum Gasteiger partial charge on any atom is 0.234 e. The molecule has 0 saturated carbocycles. The van der Waals surface area contributed by atoms with Crippen LogP contribution in [0.2, 0.25) is 0 Å². The van der Waals surface area contributed by atoms with Gasteiger partial charge in [0.15, 0.2) is 11.0 Å². The van der Waals surface area contributed by atoms with Crippen molar-refractivity contribution in [1.29, 1.82) is 0 Å². The summed E-state index contributed by atoms with van der Waals surface area (Å²) in [7, 11) is 1.86. The number of nitrogens with two attached hydrogens (primary N) is 1. The van der Waals surface area contributed by atoms with Crippen LogP contribution in [-0.2, 0) is 11.8 Å². The molecule has 140 valence electrons. The van der Waals surface area contributed by atoms with E-state index in [4.69, 9.17) is 10.5 Å². The number of para-hydroxylation sites is 1. The van der Waals surface area contributed by atoms with Crippen molar-refractivity contribution >= 4 is 29.0 Å². The summed E-state index contributed by atoms with van der Waals surface area (Å²) in [6.07, 6.45) is 0. The Morgan fingerprint density at radius 1 is 1.19 bits per heavy atom. The number of nitrogens with zero attached hydrogens (tertiary/aromatic N) is 3. The van der Waals surface area contributed by atoms with E-state index in [1.807, 2.05) is 67.1 Å². The molecule has 3 aromatic rings. The summed E-state index contributed by atoms with van der Waals surface area (Å²) in [6.45, 7) is 2.54. The minimum Gasteiger partial charge on any atom is -0.494 e. The van der Waals surface area contributed by atoms with Gasteiger partial charge in [-0.05, 0) is 43.3 Å². The normalized spacial score (nSPS) is 10.6. The van der Waals surface area contributed by atoms with Crippen molar-refractivity contribution in [2.75, 3.05) is 23.4 Å². The monoisotopic (exact) mass is 383 g/mol. The van der Waals surface area contributed by atoms with E-state index in [0.29, 0.717) is 23.3 Å². The summed E-state index contributed by atoms with van der Waals surface area (Å²) in [6, 6.07) is 14.8. The molecule has 0 fully saturated rings. The molecular formula is C19H21N5O2S. The number of ether oxygens (including phenoxy) is 1. The summed E-state index contributed by atoms with van der Waals surface area (Å²) in [5.41, 5.74) is 8.18. The number of thioether (sulfide) groups is 1. The Morgan fingerprint density at radius 2 is 1.93 bits per heavy atom. The zero-order valence-corrected chi connectivity index (χ0v) is 16.0. The fourth-order valence-corrected chi connectivity index (χ4v) is 3.22. The van der Waals surface area contributed by atoms with Crippen LogP contribution in [-0.4, -0.2) is 33.0 Å². The van der Waals surface area contributed by atoms with Gasteiger partial charge in [0.05, 0.1) is 12.4 Å². The quantitative estimate of drug-likeness (QED) is 0.481. The number of carbonyl (C=O) groups excluding carboxylic acids is 1. The highest BCUT2D eigenvalue weighted by Crippen LogP contribution is 2.26. The van der Waals surface area contributed by atoms with Crippen molar-refractivity contribution in [3.8, 4) is 17.1 Å². The topological polar surface area (TPSA) is 95.1 Å². The molecule has 0 saturated heterocycles. The molecule has 2 aromatic carbocycles. The number of carbonyl (C=O) groups is 1. The zero-order valence-electron chi connectivity index (χ0n) is 15.2. The fraction of sp³-hybridized carbons (Fsp3) is 0.211. The number of hydrogen-bond acceptors (Lipinski definition) is 6. The molecule has 0 unspecified atom stereocenters. The molecule has 0 bridgehead atoms. The Kier molecular flexibility index (Phi) is 5.97. The van der Waals surface area contributed by atoms with Crippen molar-refractivity contribution in [2.24, 2.45) is 7.05 Å². The van der Waals surface area contributed by atoms with E-state index >= 15 is 0 Å². The minimum absolute atomic E-state index is 0.118. The smallest absolute Gasteiger partial charge is 0.234 e. The lowest BCUT2D eigenvalue weighted by Crippen LogP contribution is -2.14. The van der Waals surface area contributed by atoms with Crippen LogP contribution in [0.4, 0.5) is 11.4 Å². The first kappa shape index (κ1) is 18.8. The minimum atomic E-state index is -0.118. The summed E-state index contributed by atoms with van der Waals surface area (Å²) in [5.74, 6) is 1.55. The van der Waals surface area contributed by atoms with Crippen LogP contribution >= 0.6 is 11.8 Å². The van der Waals surface area contributed by atoms with E-state index in [2.05, 4.69) is 15.5 Å². The van der Waals surface area contributed by atoms with Gasteiger partial charge in [-0.3, -0.25) is 4.79 Å². The third-order valence-corrected chi connectivity index (χ3v) is 4.84. The summed E-state index contributed by atoms with van der Waals surface area (Å²) >= 11 is 1.32. The highest BCUT2D eigenvalue weighted by molar-refractivity contribution is 7.99. The summed E-state index contributed by atoms with van der Waals surface area (Å²) in [4.78, 5) is 12.2. The molecule has 0 spiro atoms. The number of nitrogen functional groups attached to an aromatic ring is 1. The second kappa shape index (κ2) is 8.59. The Bertz CT molecular complexity index is 924. The summed E-state index contributed by atoms with van der Waals surface area (Å²) in [5, 5.41) is 11.9. The number of benzene rings is 2. The first-order chi connectivity index (χ1) is 13.1. The number of aromatic nitrogens is 3. The molecule has 27 heavy (non-hydrogen) atoms. The van der Waals surface area contributed by atoms with Gasteiger partial charge in [0.1, 0.15) is 5.75 Å². The molecule has 0 aliphatic carbocycles. The first-order valence-corrected chi connectivity index (χ1v) is 9.47. The second-order valence-corrected chi connectivity index (χ2v) is 6.69. The van der Waals surface area contributed by atoms with Crippen LogP contribution in [0.1, 0.15) is 6.92 Å². The molecule has 0 atom stereocenters. The summed E-state index contributed by atoms with van der Waals surface area (Å²) < 4.78 is 7.22. The number of rotatable bonds is 7. The molecule has 1 aromatic heterocycles. The van der Waals surface area contributed by atoms with Gasteiger partial charge < -0.3 is 20.4 Å². The van der Waals surface area contributed by atoms with E-state index in [0.717, 1.165) is 17.0 Å². The number of amides is 1. The van der Waals surface area contributed by atoms with Crippen molar-refractivity contribution in [2.45, 2.75) is 12.1 Å². The van der Waals surface area contributed by atoms with Crippen LogP contribution < -0.4 is 15.8 Å². The third-order valence-electron chi connectivity index (χ3n) is 3.82. The zero-order chi connectivity index (χ0) is 19.2. The standard InChI is InChI=1S/C19H21N5O2S/c1-3-26-14-10-8-13(9-11-14)21-17(25)12-27-19-23-22-18(24(19)2)15-6-4-5-7-16(15)20/h4-11H,3,12,20H2,1-2H3,(H,21,25). The molecule has 0 aliphatic rings. The molecule has 7 nitrogen and oxygen atoms in total. The van der Waals surface area contributed by atoms with E-state index in [-0.39, 0.29) is 11.7 Å². The predicted octanol–water partition coefficient (Wildman–Crippen LogP) is 3.19. The molecule has 0 aliphatic heterocycles. The van der Waals surface area contributed by atoms with Crippen LogP contribution in [0.3, 0.4) is 0 Å². The molecule has 3 rings (SSSR count).